The summed E-state index contributed by atoms with van der Waals surface area (Å²) in [5.41, 5.74) is 7.63. The van der Waals surface area contributed by atoms with E-state index in [1.54, 1.807) is 19.1 Å². The van der Waals surface area contributed by atoms with Crippen LogP contribution in [0.4, 0.5) is 0 Å². The summed E-state index contributed by atoms with van der Waals surface area (Å²) in [5.74, 6) is -2.29. The largest absolute Gasteiger partial charge is 0.489 e. The molecule has 2 aromatic heterocycles. The molecule has 0 aliphatic carbocycles. The Bertz CT molecular complexity index is 2520. The second kappa shape index (κ2) is 24.7. The number of fused-ring (bicyclic) bond motifs is 2. The number of amidine groups is 1. The summed E-state index contributed by atoms with van der Waals surface area (Å²) in [6.07, 6.45) is 4.98. The van der Waals surface area contributed by atoms with E-state index < -0.39 is 40.9 Å². The summed E-state index contributed by atoms with van der Waals surface area (Å²) in [6.45, 7) is 1.84. The average Bonchev–Trinajstić information content (AvgIpc) is 3.32. The van der Waals surface area contributed by atoms with Gasteiger partial charge in [0.05, 0.1) is 19.0 Å². The van der Waals surface area contributed by atoms with E-state index in [4.69, 9.17) is 43.7 Å². The second-order valence-corrected chi connectivity index (χ2v) is 15.7. The van der Waals surface area contributed by atoms with Gasteiger partial charge in [-0.25, -0.2) is 9.59 Å². The first kappa shape index (κ1) is 48.2. The van der Waals surface area contributed by atoms with Crippen molar-refractivity contribution in [1.82, 2.24) is 5.32 Å². The van der Waals surface area contributed by atoms with Crippen molar-refractivity contribution < 1.29 is 46.9 Å². The molecule has 346 valence electrons. The molecule has 66 heavy (non-hydrogen) atoms. The number of hydrogen-bond donors (Lipinski definition) is 3. The number of esters is 3. The highest BCUT2D eigenvalue weighted by molar-refractivity contribution is 5.91. The molecule has 15 heteroatoms. The number of carbonyl (C=O) groups is 3. The van der Waals surface area contributed by atoms with Gasteiger partial charge in [-0.15, -0.1) is 0 Å². The monoisotopic (exact) mass is 901 g/mol. The van der Waals surface area contributed by atoms with Crippen LogP contribution < -0.4 is 31.4 Å². The van der Waals surface area contributed by atoms with Gasteiger partial charge in [0.2, 0.25) is 11.5 Å². The fraction of sp³-hybridized carbons (Fsp3) is 0.333. The molecular formula is C51H55N3O12. The van der Waals surface area contributed by atoms with Crippen molar-refractivity contribution >= 4 is 45.7 Å². The zero-order chi connectivity index (χ0) is 46.7. The van der Waals surface area contributed by atoms with Gasteiger partial charge in [0.15, 0.2) is 17.0 Å². The van der Waals surface area contributed by atoms with Crippen molar-refractivity contribution in [1.29, 1.82) is 5.41 Å². The Morgan fingerprint density at radius 2 is 1.12 bits per heavy atom. The highest BCUT2D eigenvalue weighted by Gasteiger charge is 2.24. The number of aryl methyl sites for hydroxylation is 2. The minimum atomic E-state index is -1.12. The second-order valence-electron chi connectivity index (χ2n) is 15.7. The molecule has 6 aromatic rings. The first-order valence-electron chi connectivity index (χ1n) is 22.1. The molecule has 0 radical (unpaired) electrons. The van der Waals surface area contributed by atoms with Gasteiger partial charge in [-0.3, -0.25) is 19.8 Å². The van der Waals surface area contributed by atoms with Crippen molar-refractivity contribution in [2.75, 3.05) is 33.0 Å². The average molecular weight is 902 g/mol. The smallest absolute Gasteiger partial charge is 0.374 e. The molecule has 2 heterocycles. The maximum absolute atomic E-state index is 13.5. The van der Waals surface area contributed by atoms with Crippen LogP contribution in [0.25, 0.3) is 21.9 Å². The SMILES string of the molecule is CC(=N)NCCCC[C@H](N)C(=O)OC(COc1cccc2oc(C(=O)OCCCCc3ccccc3)cc(=O)c12)COc1cccc2oc(C(=O)OCCCCc3ccccc3)cc(=O)c12. The van der Waals surface area contributed by atoms with E-state index in [9.17, 15) is 24.0 Å². The fourth-order valence-electron chi connectivity index (χ4n) is 7.04. The number of hydrogen-bond acceptors (Lipinski definition) is 14. The molecule has 0 fully saturated rings. The number of carbonyl (C=O) groups excluding carboxylic acids is 3. The summed E-state index contributed by atoms with van der Waals surface area (Å²) in [6, 6.07) is 30.3. The normalized spacial score (nSPS) is 11.6. The van der Waals surface area contributed by atoms with Crippen LogP contribution in [0.5, 0.6) is 11.5 Å². The molecule has 0 aliphatic rings. The van der Waals surface area contributed by atoms with Crippen molar-refractivity contribution in [3.8, 4) is 11.5 Å². The maximum Gasteiger partial charge on any atom is 0.374 e. The van der Waals surface area contributed by atoms with Crippen LogP contribution in [0.3, 0.4) is 0 Å². The number of nitrogens with one attached hydrogen (secondary N) is 2. The Labute approximate surface area is 381 Å². The van der Waals surface area contributed by atoms with E-state index in [-0.39, 0.29) is 71.4 Å². The molecule has 6 rings (SSSR count). The molecular weight excluding hydrogens is 847 g/mol. The van der Waals surface area contributed by atoms with Crippen molar-refractivity contribution in [2.24, 2.45) is 5.73 Å². The van der Waals surface area contributed by atoms with E-state index in [2.05, 4.69) is 5.32 Å². The fourth-order valence-corrected chi connectivity index (χ4v) is 7.04. The Morgan fingerprint density at radius 3 is 1.59 bits per heavy atom. The highest BCUT2D eigenvalue weighted by atomic mass is 16.6. The molecule has 4 N–H and O–H groups in total. The molecule has 4 aromatic carbocycles. The minimum Gasteiger partial charge on any atom is -0.489 e. The third-order valence-corrected chi connectivity index (χ3v) is 10.5. The van der Waals surface area contributed by atoms with Crippen LogP contribution in [0.1, 0.15) is 84.1 Å². The first-order valence-corrected chi connectivity index (χ1v) is 22.1. The van der Waals surface area contributed by atoms with Gasteiger partial charge in [-0.1, -0.05) is 72.8 Å². The predicted octanol–water partition coefficient (Wildman–Crippen LogP) is 7.71. The summed E-state index contributed by atoms with van der Waals surface area (Å²) >= 11 is 0. The molecule has 0 unspecified atom stereocenters. The van der Waals surface area contributed by atoms with Crippen LogP contribution in [-0.2, 0) is 31.8 Å². The van der Waals surface area contributed by atoms with Crippen LogP contribution in [0.15, 0.2) is 128 Å². The van der Waals surface area contributed by atoms with Crippen molar-refractivity contribution in [2.45, 2.75) is 76.9 Å². The van der Waals surface area contributed by atoms with E-state index in [0.29, 0.717) is 44.5 Å². The topological polar surface area (TPSA) is 220 Å². The zero-order valence-corrected chi connectivity index (χ0v) is 36.9. The molecule has 1 atom stereocenters. The lowest BCUT2D eigenvalue weighted by Crippen LogP contribution is -2.39. The summed E-state index contributed by atoms with van der Waals surface area (Å²) in [5, 5.41) is 10.5. The Balaban J connectivity index is 1.11. The van der Waals surface area contributed by atoms with Crippen LogP contribution in [-0.4, -0.2) is 68.9 Å². The summed E-state index contributed by atoms with van der Waals surface area (Å²) in [4.78, 5) is 66.0. The number of ether oxygens (including phenoxy) is 5. The molecule has 0 saturated heterocycles. The van der Waals surface area contributed by atoms with E-state index >= 15 is 0 Å². The molecule has 0 aliphatic heterocycles. The third kappa shape index (κ3) is 14.4. The lowest BCUT2D eigenvalue weighted by molar-refractivity contribution is -0.154. The lowest BCUT2D eigenvalue weighted by Gasteiger charge is -2.22. The first-order chi connectivity index (χ1) is 32.0. The molecule has 0 saturated carbocycles. The van der Waals surface area contributed by atoms with Crippen LogP contribution >= 0.6 is 0 Å². The predicted molar refractivity (Wildman–Crippen MR) is 248 cm³/mol. The third-order valence-electron chi connectivity index (χ3n) is 10.5. The maximum atomic E-state index is 13.5. The van der Waals surface area contributed by atoms with Gasteiger partial charge in [-0.2, -0.15) is 0 Å². The minimum absolute atomic E-state index is 0.0431. The lowest BCUT2D eigenvalue weighted by atomic mass is 10.1. The summed E-state index contributed by atoms with van der Waals surface area (Å²) in [7, 11) is 0. The quantitative estimate of drug-likeness (QED) is 0.0165. The van der Waals surface area contributed by atoms with E-state index in [1.165, 1.54) is 35.4 Å². The van der Waals surface area contributed by atoms with Gasteiger partial charge >= 0.3 is 17.9 Å². The van der Waals surface area contributed by atoms with Gasteiger partial charge in [0.25, 0.3) is 0 Å². The number of nitrogens with two attached hydrogens (primary N) is 1. The van der Waals surface area contributed by atoms with Gasteiger partial charge < -0.3 is 43.6 Å². The number of benzene rings is 4. The Kier molecular flexibility index (Phi) is 18.0. The van der Waals surface area contributed by atoms with Crippen LogP contribution in [0, 0.1) is 5.41 Å². The summed E-state index contributed by atoms with van der Waals surface area (Å²) < 4.78 is 40.4. The van der Waals surface area contributed by atoms with Gasteiger partial charge in [-0.05, 0) is 100 Å². The molecule has 0 spiro atoms. The molecule has 0 amide bonds. The Hall–Kier alpha value is -7.26. The van der Waals surface area contributed by atoms with Crippen molar-refractivity contribution in [3.63, 3.8) is 0 Å². The molecule has 15 nitrogen and oxygen atoms in total. The van der Waals surface area contributed by atoms with Crippen molar-refractivity contribution in [3.05, 3.63) is 152 Å². The zero-order valence-electron chi connectivity index (χ0n) is 36.9. The van der Waals surface area contributed by atoms with E-state index in [1.807, 2.05) is 60.7 Å². The van der Waals surface area contributed by atoms with Gasteiger partial charge in [0.1, 0.15) is 52.7 Å². The standard InChI is InChI=1S/C51H55N3O12/c1-34(52)54-27-11-8-22-38(53)49(57)64-37(32-62-41-23-14-25-43-47(41)39(55)30-45(65-43)50(58)60-28-12-9-20-35-16-4-2-5-17-35)33-63-42-24-15-26-44-48(42)40(56)31-46(66-44)51(59)61-29-13-10-21-36-18-6-3-7-19-36/h2-7,14-19,23-26,30-31,37-38H,8-13,20-22,27-29,32-33,53H2,1H3,(H2,52,54)/t38-/m0/s1. The number of unbranched alkanes of at least 4 members (excludes halogenated alkanes) is 3. The van der Waals surface area contributed by atoms with E-state index in [0.717, 1.165) is 37.8 Å². The molecule has 0 bridgehead atoms. The van der Waals surface area contributed by atoms with Gasteiger partial charge in [0, 0.05) is 18.7 Å². The van der Waals surface area contributed by atoms with Crippen LogP contribution in [0.2, 0.25) is 0 Å². The highest BCUT2D eigenvalue weighted by Crippen LogP contribution is 2.26. The number of rotatable bonds is 25. The Morgan fingerprint density at radius 1 is 0.636 bits per heavy atom.